The van der Waals surface area contributed by atoms with Crippen molar-refractivity contribution < 1.29 is 4.39 Å². The van der Waals surface area contributed by atoms with Crippen LogP contribution >= 0.6 is 11.6 Å². The van der Waals surface area contributed by atoms with Gasteiger partial charge in [0.05, 0.1) is 5.56 Å². The number of nitrogens with zero attached hydrogens (tertiary/aromatic N) is 2. The van der Waals surface area contributed by atoms with Crippen molar-refractivity contribution in [2.75, 3.05) is 0 Å². The van der Waals surface area contributed by atoms with Crippen LogP contribution in [0.25, 0.3) is 11.1 Å². The summed E-state index contributed by atoms with van der Waals surface area (Å²) in [5.74, 6) is -0.316. The molecule has 0 unspecified atom stereocenters. The van der Waals surface area contributed by atoms with E-state index in [2.05, 4.69) is 4.98 Å². The van der Waals surface area contributed by atoms with E-state index in [0.717, 1.165) is 5.56 Å². The maximum absolute atomic E-state index is 12.8. The summed E-state index contributed by atoms with van der Waals surface area (Å²) in [5, 5.41) is 9.23. The summed E-state index contributed by atoms with van der Waals surface area (Å²) in [6.45, 7) is 1.79. The number of aromatic nitrogens is 1. The van der Waals surface area contributed by atoms with E-state index < -0.39 is 0 Å². The maximum atomic E-state index is 12.8. The van der Waals surface area contributed by atoms with Crippen LogP contribution in [-0.2, 0) is 0 Å². The van der Waals surface area contributed by atoms with E-state index in [1.54, 1.807) is 25.1 Å². The molecule has 0 aliphatic carbocycles. The minimum Gasteiger partial charge on any atom is -0.240 e. The highest BCUT2D eigenvalue weighted by Crippen LogP contribution is 2.28. The van der Waals surface area contributed by atoms with Crippen molar-refractivity contribution in [2.24, 2.45) is 0 Å². The third-order valence-corrected chi connectivity index (χ3v) is 2.64. The first kappa shape index (κ1) is 11.6. The first-order chi connectivity index (χ1) is 8.11. The first-order valence-electron chi connectivity index (χ1n) is 4.95. The third-order valence-electron chi connectivity index (χ3n) is 2.37. The zero-order valence-electron chi connectivity index (χ0n) is 9.04. The Bertz CT molecular complexity index is 600. The molecule has 0 aliphatic heterocycles. The number of halogens is 2. The molecule has 17 heavy (non-hydrogen) atoms. The maximum Gasteiger partial charge on any atom is 0.147 e. The van der Waals surface area contributed by atoms with E-state index in [1.165, 1.54) is 12.1 Å². The van der Waals surface area contributed by atoms with Gasteiger partial charge in [-0.3, -0.25) is 0 Å². The molecule has 0 aliphatic rings. The van der Waals surface area contributed by atoms with Crippen molar-refractivity contribution in [1.82, 2.24) is 4.98 Å². The molecule has 0 atom stereocenters. The fourth-order valence-corrected chi connectivity index (χ4v) is 1.88. The number of nitriles is 1. The molecule has 0 amide bonds. The Kier molecular flexibility index (Phi) is 3.08. The minimum absolute atomic E-state index is 0.173. The van der Waals surface area contributed by atoms with Crippen molar-refractivity contribution in [2.45, 2.75) is 6.92 Å². The zero-order chi connectivity index (χ0) is 12.4. The van der Waals surface area contributed by atoms with Crippen LogP contribution in [0, 0.1) is 24.1 Å². The summed E-state index contributed by atoms with van der Waals surface area (Å²) >= 11 is 5.91. The van der Waals surface area contributed by atoms with Gasteiger partial charge in [0.1, 0.15) is 17.0 Å². The lowest BCUT2D eigenvalue weighted by atomic mass is 10.0. The van der Waals surface area contributed by atoms with Crippen LogP contribution < -0.4 is 0 Å². The van der Waals surface area contributed by atoms with Crippen molar-refractivity contribution in [3.05, 3.63) is 52.6 Å². The molecule has 2 aromatic rings. The van der Waals surface area contributed by atoms with Crippen LogP contribution in [0.3, 0.4) is 0 Å². The molecule has 4 heteroatoms. The normalized spacial score (nSPS) is 10.0. The summed E-state index contributed by atoms with van der Waals surface area (Å²) in [6.07, 6.45) is 0. The molecular formula is C13H8ClFN2. The summed E-state index contributed by atoms with van der Waals surface area (Å²) in [7, 11) is 0. The number of benzene rings is 1. The van der Waals surface area contributed by atoms with Crippen molar-refractivity contribution >= 4 is 11.6 Å². The standard InChI is InChI=1S/C13H8ClFN2/c1-8-6-11(12(7-16)13(14)17-8)9-2-4-10(15)5-3-9/h2-6H,1H3. The topological polar surface area (TPSA) is 36.7 Å². The fourth-order valence-electron chi connectivity index (χ4n) is 1.60. The third kappa shape index (κ3) is 2.27. The predicted molar refractivity (Wildman–Crippen MR) is 64.1 cm³/mol. The molecule has 1 aromatic carbocycles. The van der Waals surface area contributed by atoms with Crippen LogP contribution in [0.1, 0.15) is 11.3 Å². The minimum atomic E-state index is -0.316. The lowest BCUT2D eigenvalue weighted by molar-refractivity contribution is 0.628. The highest BCUT2D eigenvalue weighted by Gasteiger charge is 2.11. The highest BCUT2D eigenvalue weighted by molar-refractivity contribution is 6.31. The van der Waals surface area contributed by atoms with E-state index in [0.29, 0.717) is 16.8 Å². The molecule has 1 heterocycles. The highest BCUT2D eigenvalue weighted by atomic mass is 35.5. The lowest BCUT2D eigenvalue weighted by Crippen LogP contribution is -1.92. The van der Waals surface area contributed by atoms with Gasteiger partial charge in [0.25, 0.3) is 0 Å². The van der Waals surface area contributed by atoms with E-state index in [4.69, 9.17) is 16.9 Å². The van der Waals surface area contributed by atoms with Gasteiger partial charge in [-0.25, -0.2) is 9.37 Å². The van der Waals surface area contributed by atoms with Crippen LogP contribution in [0.4, 0.5) is 4.39 Å². The Morgan fingerprint density at radius 1 is 1.29 bits per heavy atom. The Hall–Kier alpha value is -1.92. The smallest absolute Gasteiger partial charge is 0.147 e. The zero-order valence-corrected chi connectivity index (χ0v) is 9.79. The molecule has 0 bridgehead atoms. The van der Waals surface area contributed by atoms with Gasteiger partial charge in [-0.15, -0.1) is 0 Å². The van der Waals surface area contributed by atoms with Crippen molar-refractivity contribution in [3.8, 4) is 17.2 Å². The monoisotopic (exact) mass is 246 g/mol. The van der Waals surface area contributed by atoms with Gasteiger partial charge in [-0.05, 0) is 30.7 Å². The summed E-state index contributed by atoms with van der Waals surface area (Å²) in [6, 6.07) is 9.70. The van der Waals surface area contributed by atoms with Gasteiger partial charge in [0.15, 0.2) is 0 Å². The molecule has 0 fully saturated rings. The van der Waals surface area contributed by atoms with Crippen molar-refractivity contribution in [1.29, 1.82) is 5.26 Å². The SMILES string of the molecule is Cc1cc(-c2ccc(F)cc2)c(C#N)c(Cl)n1. The van der Waals surface area contributed by atoms with E-state index in [9.17, 15) is 4.39 Å². The molecule has 0 N–H and O–H groups in total. The average molecular weight is 247 g/mol. The second kappa shape index (κ2) is 4.52. The molecule has 0 saturated heterocycles. The second-order valence-corrected chi connectivity index (χ2v) is 3.95. The van der Waals surface area contributed by atoms with E-state index >= 15 is 0 Å². The summed E-state index contributed by atoms with van der Waals surface area (Å²) in [5.41, 5.74) is 2.44. The summed E-state index contributed by atoms with van der Waals surface area (Å²) in [4.78, 5) is 4.02. The quantitative estimate of drug-likeness (QED) is 0.719. The van der Waals surface area contributed by atoms with Crippen LogP contribution in [0.5, 0.6) is 0 Å². The Morgan fingerprint density at radius 3 is 2.53 bits per heavy atom. The van der Waals surface area contributed by atoms with Gasteiger partial charge in [-0.1, -0.05) is 23.7 Å². The second-order valence-electron chi connectivity index (χ2n) is 3.60. The summed E-state index contributed by atoms with van der Waals surface area (Å²) < 4.78 is 12.8. The van der Waals surface area contributed by atoms with Gasteiger partial charge in [0, 0.05) is 11.3 Å². The van der Waals surface area contributed by atoms with Gasteiger partial charge < -0.3 is 0 Å². The number of rotatable bonds is 1. The molecular weight excluding hydrogens is 239 g/mol. The molecule has 1 aromatic heterocycles. The fraction of sp³-hybridized carbons (Fsp3) is 0.0769. The lowest BCUT2D eigenvalue weighted by Gasteiger charge is -2.06. The van der Waals surface area contributed by atoms with Gasteiger partial charge >= 0.3 is 0 Å². The Labute approximate surface area is 103 Å². The largest absolute Gasteiger partial charge is 0.240 e. The van der Waals surface area contributed by atoms with Crippen molar-refractivity contribution in [3.63, 3.8) is 0 Å². The molecule has 0 spiro atoms. The molecule has 2 rings (SSSR count). The Morgan fingerprint density at radius 2 is 1.94 bits per heavy atom. The van der Waals surface area contributed by atoms with E-state index in [-0.39, 0.29) is 11.0 Å². The van der Waals surface area contributed by atoms with Crippen LogP contribution in [0.15, 0.2) is 30.3 Å². The molecule has 2 nitrogen and oxygen atoms in total. The average Bonchev–Trinajstić information content (AvgIpc) is 2.29. The number of hydrogen-bond donors (Lipinski definition) is 0. The van der Waals surface area contributed by atoms with E-state index in [1.807, 2.05) is 6.07 Å². The predicted octanol–water partition coefficient (Wildman–Crippen LogP) is 3.72. The molecule has 0 radical (unpaired) electrons. The van der Waals surface area contributed by atoms with Gasteiger partial charge in [-0.2, -0.15) is 5.26 Å². The number of hydrogen-bond acceptors (Lipinski definition) is 2. The van der Waals surface area contributed by atoms with Crippen LogP contribution in [-0.4, -0.2) is 4.98 Å². The molecule has 0 saturated carbocycles. The number of pyridine rings is 1. The van der Waals surface area contributed by atoms with Gasteiger partial charge in [0.2, 0.25) is 0 Å². The molecule has 84 valence electrons. The number of aryl methyl sites for hydroxylation is 1. The van der Waals surface area contributed by atoms with Crippen LogP contribution in [0.2, 0.25) is 5.15 Å². The first-order valence-corrected chi connectivity index (χ1v) is 5.33. The Balaban J connectivity index is 2.66.